The van der Waals surface area contributed by atoms with E-state index in [1.807, 2.05) is 12.1 Å². The third-order valence-electron chi connectivity index (χ3n) is 2.59. The number of nitrogens with two attached hydrogens (primary N) is 1. The zero-order valence-corrected chi connectivity index (χ0v) is 10.6. The Balaban J connectivity index is 1.97. The number of hydrogen-bond acceptors (Lipinski definition) is 4. The van der Waals surface area contributed by atoms with Gasteiger partial charge < -0.3 is 15.2 Å². The van der Waals surface area contributed by atoms with Gasteiger partial charge >= 0.3 is 5.97 Å². The number of esters is 1. The molecule has 19 heavy (non-hydrogen) atoms. The van der Waals surface area contributed by atoms with Crippen molar-refractivity contribution in [1.82, 2.24) is 0 Å². The molecule has 0 heterocycles. The third-order valence-corrected chi connectivity index (χ3v) is 2.59. The summed E-state index contributed by atoms with van der Waals surface area (Å²) in [5.74, 6) is 0.890. The van der Waals surface area contributed by atoms with Crippen LogP contribution in [0.1, 0.15) is 5.56 Å². The highest BCUT2D eigenvalue weighted by atomic mass is 16.5. The van der Waals surface area contributed by atoms with Gasteiger partial charge in [0.25, 0.3) is 0 Å². The van der Waals surface area contributed by atoms with Crippen molar-refractivity contribution >= 4 is 11.7 Å². The molecule has 0 amide bonds. The van der Waals surface area contributed by atoms with Crippen LogP contribution in [-0.4, -0.2) is 13.1 Å². The van der Waals surface area contributed by atoms with Crippen LogP contribution in [-0.2, 0) is 11.2 Å². The van der Waals surface area contributed by atoms with E-state index in [0.29, 0.717) is 11.4 Å². The van der Waals surface area contributed by atoms with Gasteiger partial charge in [0.2, 0.25) is 0 Å². The molecule has 0 aromatic heterocycles. The lowest BCUT2D eigenvalue weighted by molar-refractivity contribution is -0.133. The van der Waals surface area contributed by atoms with Gasteiger partial charge in [-0.05, 0) is 42.0 Å². The maximum absolute atomic E-state index is 11.8. The largest absolute Gasteiger partial charge is 0.497 e. The van der Waals surface area contributed by atoms with Crippen molar-refractivity contribution in [3.05, 3.63) is 54.1 Å². The van der Waals surface area contributed by atoms with Crippen molar-refractivity contribution in [3.8, 4) is 11.5 Å². The number of carbonyl (C=O) groups is 1. The Morgan fingerprint density at radius 1 is 1.11 bits per heavy atom. The lowest BCUT2D eigenvalue weighted by atomic mass is 10.1. The summed E-state index contributed by atoms with van der Waals surface area (Å²) < 4.78 is 10.3. The highest BCUT2D eigenvalue weighted by molar-refractivity contribution is 5.75. The van der Waals surface area contributed by atoms with Crippen molar-refractivity contribution in [2.24, 2.45) is 0 Å². The number of hydrogen-bond donors (Lipinski definition) is 1. The fourth-order valence-electron chi connectivity index (χ4n) is 1.68. The van der Waals surface area contributed by atoms with Gasteiger partial charge in [0.05, 0.1) is 13.5 Å². The van der Waals surface area contributed by atoms with E-state index >= 15 is 0 Å². The molecule has 0 aliphatic heterocycles. The fraction of sp³-hybridized carbons (Fsp3) is 0.133. The molecule has 2 N–H and O–H groups in total. The molecule has 2 aromatic rings. The summed E-state index contributed by atoms with van der Waals surface area (Å²) >= 11 is 0. The molecule has 98 valence electrons. The Kier molecular flexibility index (Phi) is 4.03. The minimum Gasteiger partial charge on any atom is -0.497 e. The molecular formula is C15H15NO3. The van der Waals surface area contributed by atoms with E-state index in [4.69, 9.17) is 15.2 Å². The fourth-order valence-corrected chi connectivity index (χ4v) is 1.68. The highest BCUT2D eigenvalue weighted by Crippen LogP contribution is 2.17. The second-order valence-corrected chi connectivity index (χ2v) is 4.07. The molecule has 0 spiro atoms. The minimum atomic E-state index is -0.323. The lowest BCUT2D eigenvalue weighted by Crippen LogP contribution is -2.11. The molecule has 0 bridgehead atoms. The van der Waals surface area contributed by atoms with Crippen LogP contribution in [0.3, 0.4) is 0 Å². The lowest BCUT2D eigenvalue weighted by Gasteiger charge is -2.06. The summed E-state index contributed by atoms with van der Waals surface area (Å²) in [4.78, 5) is 11.8. The van der Waals surface area contributed by atoms with Crippen LogP contribution < -0.4 is 15.2 Å². The van der Waals surface area contributed by atoms with Gasteiger partial charge in [0, 0.05) is 5.69 Å². The topological polar surface area (TPSA) is 61.5 Å². The molecule has 0 radical (unpaired) electrons. The molecule has 0 saturated carbocycles. The zero-order chi connectivity index (χ0) is 13.7. The molecule has 0 atom stereocenters. The van der Waals surface area contributed by atoms with Crippen molar-refractivity contribution in [3.63, 3.8) is 0 Å². The Morgan fingerprint density at radius 2 is 1.79 bits per heavy atom. The molecule has 0 saturated heterocycles. The Hall–Kier alpha value is -2.49. The smallest absolute Gasteiger partial charge is 0.315 e. The first kappa shape index (κ1) is 13.0. The Labute approximate surface area is 111 Å². The first-order chi connectivity index (χ1) is 9.17. The van der Waals surface area contributed by atoms with Crippen molar-refractivity contribution < 1.29 is 14.3 Å². The Bertz CT molecular complexity index is 564. The van der Waals surface area contributed by atoms with Crippen molar-refractivity contribution in [1.29, 1.82) is 0 Å². The van der Waals surface area contributed by atoms with Crippen LogP contribution in [0.25, 0.3) is 0 Å². The summed E-state index contributed by atoms with van der Waals surface area (Å²) in [5, 5.41) is 0. The second kappa shape index (κ2) is 5.91. The van der Waals surface area contributed by atoms with Crippen LogP contribution in [0, 0.1) is 0 Å². The van der Waals surface area contributed by atoms with E-state index in [1.165, 1.54) is 0 Å². The normalized spacial score (nSPS) is 9.95. The van der Waals surface area contributed by atoms with Gasteiger partial charge in [-0.15, -0.1) is 0 Å². The van der Waals surface area contributed by atoms with Crippen LogP contribution in [0.2, 0.25) is 0 Å². The van der Waals surface area contributed by atoms with E-state index in [1.54, 1.807) is 43.5 Å². The number of benzene rings is 2. The van der Waals surface area contributed by atoms with Gasteiger partial charge in [-0.25, -0.2) is 0 Å². The molecule has 2 aromatic carbocycles. The predicted molar refractivity (Wildman–Crippen MR) is 73.2 cm³/mol. The summed E-state index contributed by atoms with van der Waals surface area (Å²) in [7, 11) is 1.58. The number of nitrogen functional groups attached to an aromatic ring is 1. The van der Waals surface area contributed by atoms with Gasteiger partial charge in [0.15, 0.2) is 0 Å². The summed E-state index contributed by atoms with van der Waals surface area (Å²) in [6.45, 7) is 0. The molecule has 0 fully saturated rings. The first-order valence-corrected chi connectivity index (χ1v) is 5.86. The molecular weight excluding hydrogens is 242 g/mol. The minimum absolute atomic E-state index is 0.192. The van der Waals surface area contributed by atoms with E-state index in [9.17, 15) is 4.79 Å². The SMILES string of the molecule is COc1ccc(OC(=O)Cc2cccc(N)c2)cc1. The van der Waals surface area contributed by atoms with E-state index in [2.05, 4.69) is 0 Å². The van der Waals surface area contributed by atoms with Crippen LogP contribution in [0.5, 0.6) is 11.5 Å². The van der Waals surface area contributed by atoms with Gasteiger partial charge in [-0.2, -0.15) is 0 Å². The summed E-state index contributed by atoms with van der Waals surface area (Å²) in [6.07, 6.45) is 0.192. The molecule has 4 nitrogen and oxygen atoms in total. The van der Waals surface area contributed by atoms with Crippen molar-refractivity contribution in [2.75, 3.05) is 12.8 Å². The Morgan fingerprint density at radius 3 is 2.42 bits per heavy atom. The molecule has 0 aliphatic carbocycles. The number of ether oxygens (including phenoxy) is 2. The van der Waals surface area contributed by atoms with E-state index in [-0.39, 0.29) is 12.4 Å². The molecule has 2 rings (SSSR count). The highest BCUT2D eigenvalue weighted by Gasteiger charge is 2.06. The zero-order valence-electron chi connectivity index (χ0n) is 10.6. The standard InChI is InChI=1S/C15H15NO3/c1-18-13-5-7-14(8-6-13)19-15(17)10-11-3-2-4-12(16)9-11/h2-9H,10,16H2,1H3. The quantitative estimate of drug-likeness (QED) is 0.519. The van der Waals surface area contributed by atoms with E-state index < -0.39 is 0 Å². The van der Waals surface area contributed by atoms with Crippen LogP contribution in [0.15, 0.2) is 48.5 Å². The first-order valence-electron chi connectivity index (χ1n) is 5.86. The maximum atomic E-state index is 11.8. The van der Waals surface area contributed by atoms with Gasteiger partial charge in [-0.1, -0.05) is 12.1 Å². The molecule has 0 unspecified atom stereocenters. The average molecular weight is 257 g/mol. The van der Waals surface area contributed by atoms with E-state index in [0.717, 1.165) is 11.3 Å². The number of anilines is 1. The van der Waals surface area contributed by atoms with Gasteiger partial charge in [0.1, 0.15) is 11.5 Å². The number of methoxy groups -OCH3 is 1. The number of carbonyl (C=O) groups excluding carboxylic acids is 1. The second-order valence-electron chi connectivity index (χ2n) is 4.07. The summed E-state index contributed by atoms with van der Waals surface area (Å²) in [5.41, 5.74) is 7.12. The molecule has 0 aliphatic rings. The van der Waals surface area contributed by atoms with Gasteiger partial charge in [-0.3, -0.25) is 4.79 Å². The molecule has 4 heteroatoms. The third kappa shape index (κ3) is 3.74. The number of rotatable bonds is 4. The average Bonchev–Trinajstić information content (AvgIpc) is 2.39. The van der Waals surface area contributed by atoms with Crippen LogP contribution >= 0.6 is 0 Å². The monoisotopic (exact) mass is 257 g/mol. The van der Waals surface area contributed by atoms with Crippen molar-refractivity contribution in [2.45, 2.75) is 6.42 Å². The van der Waals surface area contributed by atoms with Crippen LogP contribution in [0.4, 0.5) is 5.69 Å². The predicted octanol–water partition coefficient (Wildman–Crippen LogP) is 2.43. The maximum Gasteiger partial charge on any atom is 0.315 e. The summed E-state index contributed by atoms with van der Waals surface area (Å²) in [6, 6.07) is 14.0.